The number of hydrogen-bond donors (Lipinski definition) is 1. The molecule has 0 saturated heterocycles. The first-order valence-corrected chi connectivity index (χ1v) is 8.31. The Balaban J connectivity index is 1.69. The lowest BCUT2D eigenvalue weighted by Crippen LogP contribution is -2.36. The number of carbonyl (C=O) groups is 1. The molecule has 25 heavy (non-hydrogen) atoms. The Morgan fingerprint density at radius 3 is 2.80 bits per heavy atom. The molecule has 0 spiro atoms. The van der Waals surface area contributed by atoms with Crippen molar-refractivity contribution in [3.05, 3.63) is 33.8 Å². The van der Waals surface area contributed by atoms with E-state index in [0.29, 0.717) is 36.6 Å². The highest BCUT2D eigenvalue weighted by atomic mass is 16.2. The van der Waals surface area contributed by atoms with Crippen LogP contribution >= 0.6 is 0 Å². The highest BCUT2D eigenvalue weighted by molar-refractivity contribution is 5.95. The van der Waals surface area contributed by atoms with Crippen LogP contribution in [0.2, 0.25) is 0 Å². The fourth-order valence-corrected chi connectivity index (χ4v) is 3.00. The van der Waals surface area contributed by atoms with Gasteiger partial charge in [0.15, 0.2) is 0 Å². The molecule has 1 amide bonds. The van der Waals surface area contributed by atoms with Gasteiger partial charge in [0.05, 0.1) is 11.3 Å². The van der Waals surface area contributed by atoms with Crippen LogP contribution in [-0.2, 0) is 20.0 Å². The molecule has 1 atom stereocenters. The van der Waals surface area contributed by atoms with E-state index in [4.69, 9.17) is 0 Å². The van der Waals surface area contributed by atoms with Gasteiger partial charge >= 0.3 is 5.69 Å². The largest absolute Gasteiger partial charge is 0.349 e. The summed E-state index contributed by atoms with van der Waals surface area (Å²) in [5.41, 5.74) is 1.01. The standard InChI is InChI=1S/C16H23N7O2/c1-10-12(9-17-15(18-10)21(2)3)14(24)19-11-5-6-13-20-22(4)16(25)23(13)8-7-11/h9,11H,5-8H2,1-4H3,(H,19,24). The monoisotopic (exact) mass is 345 g/mol. The number of amides is 1. The molecule has 2 aromatic rings. The summed E-state index contributed by atoms with van der Waals surface area (Å²) < 4.78 is 3.05. The van der Waals surface area contributed by atoms with E-state index < -0.39 is 0 Å². The second-order valence-electron chi connectivity index (χ2n) is 6.54. The highest BCUT2D eigenvalue weighted by Crippen LogP contribution is 2.14. The maximum Gasteiger partial charge on any atom is 0.345 e. The Bertz CT molecular complexity index is 853. The number of nitrogens with one attached hydrogen (secondary N) is 1. The number of fused-ring (bicyclic) bond motifs is 1. The van der Waals surface area contributed by atoms with Gasteiger partial charge in [0.1, 0.15) is 5.82 Å². The van der Waals surface area contributed by atoms with Crippen molar-refractivity contribution in [3.8, 4) is 0 Å². The summed E-state index contributed by atoms with van der Waals surface area (Å²) in [6.07, 6.45) is 3.67. The molecule has 0 fully saturated rings. The van der Waals surface area contributed by atoms with Crippen molar-refractivity contribution in [2.45, 2.75) is 38.8 Å². The molecule has 134 valence electrons. The summed E-state index contributed by atoms with van der Waals surface area (Å²) in [7, 11) is 5.37. The smallest absolute Gasteiger partial charge is 0.345 e. The molecule has 1 aliphatic rings. The molecule has 0 radical (unpaired) electrons. The van der Waals surface area contributed by atoms with E-state index in [9.17, 15) is 9.59 Å². The van der Waals surface area contributed by atoms with Gasteiger partial charge in [-0.1, -0.05) is 0 Å². The fraction of sp³-hybridized carbons (Fsp3) is 0.562. The van der Waals surface area contributed by atoms with Gasteiger partial charge < -0.3 is 10.2 Å². The second kappa shape index (κ2) is 6.66. The Kier molecular flexibility index (Phi) is 4.56. The number of aryl methyl sites for hydroxylation is 3. The lowest BCUT2D eigenvalue weighted by molar-refractivity contribution is 0.0931. The van der Waals surface area contributed by atoms with Crippen LogP contribution in [0.15, 0.2) is 11.0 Å². The molecular weight excluding hydrogens is 322 g/mol. The Morgan fingerprint density at radius 2 is 2.12 bits per heavy atom. The molecule has 0 aromatic carbocycles. The first kappa shape index (κ1) is 17.1. The molecule has 1 unspecified atom stereocenters. The number of rotatable bonds is 3. The molecule has 9 nitrogen and oxygen atoms in total. The summed E-state index contributed by atoms with van der Waals surface area (Å²) in [6, 6.07) is -0.00756. The third kappa shape index (κ3) is 3.40. The summed E-state index contributed by atoms with van der Waals surface area (Å²) in [4.78, 5) is 34.9. The van der Waals surface area contributed by atoms with Gasteiger partial charge in [-0.25, -0.2) is 19.4 Å². The van der Waals surface area contributed by atoms with Gasteiger partial charge in [0.2, 0.25) is 5.95 Å². The van der Waals surface area contributed by atoms with E-state index in [1.165, 1.54) is 4.68 Å². The zero-order valence-corrected chi connectivity index (χ0v) is 15.0. The number of carbonyl (C=O) groups excluding carboxylic acids is 1. The molecule has 0 bridgehead atoms. The number of anilines is 1. The van der Waals surface area contributed by atoms with E-state index in [1.54, 1.807) is 29.6 Å². The molecule has 3 heterocycles. The van der Waals surface area contributed by atoms with Crippen molar-refractivity contribution in [2.75, 3.05) is 19.0 Å². The molecule has 1 N–H and O–H groups in total. The van der Waals surface area contributed by atoms with Crippen LogP contribution in [0.4, 0.5) is 5.95 Å². The minimum Gasteiger partial charge on any atom is -0.349 e. The minimum absolute atomic E-state index is 0.00756. The Labute approximate surface area is 145 Å². The summed E-state index contributed by atoms with van der Waals surface area (Å²) >= 11 is 0. The average molecular weight is 345 g/mol. The first-order chi connectivity index (χ1) is 11.9. The third-order valence-corrected chi connectivity index (χ3v) is 4.45. The van der Waals surface area contributed by atoms with E-state index in [2.05, 4.69) is 20.4 Å². The van der Waals surface area contributed by atoms with E-state index >= 15 is 0 Å². The molecule has 3 rings (SSSR count). The Morgan fingerprint density at radius 1 is 1.36 bits per heavy atom. The number of aromatic nitrogens is 5. The van der Waals surface area contributed by atoms with Gasteiger partial charge in [-0.15, -0.1) is 0 Å². The lowest BCUT2D eigenvalue weighted by Gasteiger charge is -2.17. The van der Waals surface area contributed by atoms with Crippen molar-refractivity contribution in [2.24, 2.45) is 7.05 Å². The fourth-order valence-electron chi connectivity index (χ4n) is 3.00. The van der Waals surface area contributed by atoms with Gasteiger partial charge in [0.25, 0.3) is 5.91 Å². The predicted octanol–water partition coefficient (Wildman–Crippen LogP) is -0.119. The van der Waals surface area contributed by atoms with Crippen LogP contribution < -0.4 is 15.9 Å². The molecule has 0 aliphatic carbocycles. The highest BCUT2D eigenvalue weighted by Gasteiger charge is 2.22. The van der Waals surface area contributed by atoms with Crippen molar-refractivity contribution >= 4 is 11.9 Å². The van der Waals surface area contributed by atoms with E-state index in [0.717, 1.165) is 12.2 Å². The van der Waals surface area contributed by atoms with Gasteiger partial charge in [-0.3, -0.25) is 9.36 Å². The lowest BCUT2D eigenvalue weighted by atomic mass is 10.1. The van der Waals surface area contributed by atoms with Crippen LogP contribution in [0.1, 0.15) is 34.7 Å². The zero-order valence-electron chi connectivity index (χ0n) is 15.0. The van der Waals surface area contributed by atoms with Crippen molar-refractivity contribution < 1.29 is 4.79 Å². The zero-order chi connectivity index (χ0) is 18.1. The minimum atomic E-state index is -0.180. The van der Waals surface area contributed by atoms with Crippen molar-refractivity contribution in [3.63, 3.8) is 0 Å². The van der Waals surface area contributed by atoms with Gasteiger partial charge in [-0.2, -0.15) is 5.10 Å². The summed E-state index contributed by atoms with van der Waals surface area (Å²) in [5.74, 6) is 1.17. The van der Waals surface area contributed by atoms with Crippen LogP contribution in [0.25, 0.3) is 0 Å². The quantitative estimate of drug-likeness (QED) is 0.833. The third-order valence-electron chi connectivity index (χ3n) is 4.45. The van der Waals surface area contributed by atoms with Crippen LogP contribution in [0.5, 0.6) is 0 Å². The molecular formula is C16H23N7O2. The molecule has 1 aliphatic heterocycles. The van der Waals surface area contributed by atoms with Gasteiger partial charge in [-0.05, 0) is 19.8 Å². The topological polar surface area (TPSA) is 97.9 Å². The van der Waals surface area contributed by atoms with Crippen molar-refractivity contribution in [1.82, 2.24) is 29.6 Å². The van der Waals surface area contributed by atoms with Crippen LogP contribution in [0.3, 0.4) is 0 Å². The maximum absolute atomic E-state index is 12.6. The first-order valence-electron chi connectivity index (χ1n) is 8.31. The maximum atomic E-state index is 12.6. The number of hydrogen-bond acceptors (Lipinski definition) is 6. The second-order valence-corrected chi connectivity index (χ2v) is 6.54. The summed E-state index contributed by atoms with van der Waals surface area (Å²) in [6.45, 7) is 2.36. The number of nitrogens with zero attached hydrogens (tertiary/aromatic N) is 6. The molecule has 2 aromatic heterocycles. The van der Waals surface area contributed by atoms with Crippen molar-refractivity contribution in [1.29, 1.82) is 0 Å². The molecule has 0 saturated carbocycles. The predicted molar refractivity (Wildman–Crippen MR) is 92.8 cm³/mol. The van der Waals surface area contributed by atoms with E-state index in [1.807, 2.05) is 14.1 Å². The normalized spacial score (nSPS) is 16.9. The molecule has 9 heteroatoms. The van der Waals surface area contributed by atoms with Crippen LogP contribution in [-0.4, -0.2) is 50.4 Å². The summed E-state index contributed by atoms with van der Waals surface area (Å²) in [5, 5.41) is 7.29. The van der Waals surface area contributed by atoms with E-state index in [-0.39, 0.29) is 17.6 Å². The SMILES string of the molecule is Cc1nc(N(C)C)ncc1C(=O)NC1CCc2nn(C)c(=O)n2CC1. The van der Waals surface area contributed by atoms with Gasteiger partial charge in [0, 0.05) is 46.3 Å². The average Bonchev–Trinajstić information content (AvgIpc) is 2.72. The Hall–Kier alpha value is -2.71. The van der Waals surface area contributed by atoms with Crippen LogP contribution in [0, 0.1) is 6.92 Å².